The summed E-state index contributed by atoms with van der Waals surface area (Å²) in [5.41, 5.74) is 6.38. The molecule has 0 radical (unpaired) electrons. The monoisotopic (exact) mass is 346 g/mol. The van der Waals surface area contributed by atoms with Crippen molar-refractivity contribution in [3.63, 3.8) is 0 Å². The molecule has 1 spiro atoms. The molecule has 2 aromatic rings. The number of rotatable bonds is 1. The fraction of sp³-hybridized carbons (Fsp3) is 0.583. The van der Waals surface area contributed by atoms with E-state index in [4.69, 9.17) is 0 Å². The summed E-state index contributed by atoms with van der Waals surface area (Å²) < 4.78 is 2.48. The van der Waals surface area contributed by atoms with Gasteiger partial charge in [-0.15, -0.1) is 0 Å². The molecule has 0 N–H and O–H groups in total. The third kappa shape index (κ3) is 1.65. The molecule has 4 fully saturated rings. The van der Waals surface area contributed by atoms with Crippen molar-refractivity contribution in [3.05, 3.63) is 53.3 Å². The van der Waals surface area contributed by atoms with Crippen LogP contribution in [0.5, 0.6) is 0 Å². The first-order valence-corrected chi connectivity index (χ1v) is 10.6. The second kappa shape index (κ2) is 4.97. The normalized spacial score (nSPS) is 39.8. The largest absolute Gasteiger partial charge is 0.353 e. The fourth-order valence-electron chi connectivity index (χ4n) is 7.90. The molecule has 5 aliphatic rings. The number of anilines is 1. The molecule has 1 aliphatic heterocycles. The van der Waals surface area contributed by atoms with Gasteiger partial charge in [0.25, 0.3) is 0 Å². The summed E-state index contributed by atoms with van der Waals surface area (Å²) in [4.78, 5) is 2.89. The van der Waals surface area contributed by atoms with E-state index >= 15 is 0 Å². The van der Waals surface area contributed by atoms with Gasteiger partial charge in [0.05, 0.1) is 11.6 Å². The number of fused-ring (bicyclic) bond motifs is 1. The van der Waals surface area contributed by atoms with Crippen LogP contribution in [0, 0.1) is 30.6 Å². The summed E-state index contributed by atoms with van der Waals surface area (Å²) in [7, 11) is 2.29. The molecule has 0 saturated heterocycles. The van der Waals surface area contributed by atoms with Crippen LogP contribution in [0.1, 0.15) is 61.9 Å². The highest BCUT2D eigenvalue weighted by Gasteiger charge is 2.65. The summed E-state index contributed by atoms with van der Waals surface area (Å²) in [6.07, 6.45) is 9.64. The van der Waals surface area contributed by atoms with Crippen molar-refractivity contribution in [3.8, 4) is 0 Å². The summed E-state index contributed by atoms with van der Waals surface area (Å²) in [6, 6.07) is 12.0. The lowest BCUT2D eigenvalue weighted by molar-refractivity contribution is -0.0630. The number of hydrogen-bond donors (Lipinski definition) is 0. The molecule has 1 atom stereocenters. The number of benzene rings is 1. The first kappa shape index (κ1) is 15.4. The lowest BCUT2D eigenvalue weighted by atomic mass is 9.47. The minimum absolute atomic E-state index is 0.229. The maximum Gasteiger partial charge on any atom is 0.0869 e. The van der Waals surface area contributed by atoms with E-state index in [-0.39, 0.29) is 5.54 Å². The van der Waals surface area contributed by atoms with Crippen LogP contribution in [0.3, 0.4) is 0 Å². The molecular formula is C24H30N2. The molecular weight excluding hydrogens is 316 g/mol. The number of aromatic nitrogens is 1. The van der Waals surface area contributed by atoms with Gasteiger partial charge in [-0.25, -0.2) is 0 Å². The molecule has 1 aromatic heterocycles. The van der Waals surface area contributed by atoms with Crippen molar-refractivity contribution < 1.29 is 0 Å². The van der Waals surface area contributed by atoms with Crippen molar-refractivity contribution in [1.82, 2.24) is 4.57 Å². The van der Waals surface area contributed by atoms with Crippen molar-refractivity contribution in [2.24, 2.45) is 30.7 Å². The number of aryl methyl sites for hydroxylation is 2. The average Bonchev–Trinajstić information content (AvgIpc) is 3.11. The van der Waals surface area contributed by atoms with Crippen LogP contribution in [0.25, 0.3) is 0 Å². The first-order valence-electron chi connectivity index (χ1n) is 10.6. The number of para-hydroxylation sites is 1. The molecule has 4 bridgehead atoms. The molecule has 136 valence electrons. The number of nitrogens with zero attached hydrogens (tertiary/aromatic N) is 2. The Hall–Kier alpha value is -1.70. The van der Waals surface area contributed by atoms with Crippen LogP contribution in [0.2, 0.25) is 0 Å². The Balaban J connectivity index is 1.63. The predicted molar refractivity (Wildman–Crippen MR) is 106 cm³/mol. The van der Waals surface area contributed by atoms with Crippen molar-refractivity contribution in [1.29, 1.82) is 0 Å². The highest BCUT2D eigenvalue weighted by molar-refractivity contribution is 5.64. The van der Waals surface area contributed by atoms with Crippen molar-refractivity contribution >= 4 is 5.69 Å². The van der Waals surface area contributed by atoms with E-state index < -0.39 is 0 Å². The molecule has 2 nitrogen and oxygen atoms in total. The summed E-state index contributed by atoms with van der Waals surface area (Å²) in [5, 5.41) is 0. The standard InChI is InChI=1S/C24H30N2/c1-15-6-4-5-7-22(15)26-16(2)21-8-9-25(3)23(21)24(26)19-11-17-10-18(13-19)14-20(24)12-17/h4-9,16-20H,10-14H2,1-3H3/t16-,17?,18?,19?,20?,24?/m0/s1. The molecule has 2 heteroatoms. The zero-order valence-electron chi connectivity index (χ0n) is 16.3. The Morgan fingerprint density at radius 3 is 2.23 bits per heavy atom. The van der Waals surface area contributed by atoms with E-state index in [0.29, 0.717) is 6.04 Å². The van der Waals surface area contributed by atoms with Crippen LogP contribution < -0.4 is 4.90 Å². The van der Waals surface area contributed by atoms with Crippen molar-refractivity contribution in [2.45, 2.75) is 57.5 Å². The second-order valence-corrected chi connectivity index (χ2v) is 9.69. The Labute approximate surface area is 157 Å². The molecule has 2 heterocycles. The third-order valence-corrected chi connectivity index (χ3v) is 8.48. The molecule has 0 unspecified atom stereocenters. The van der Waals surface area contributed by atoms with Gasteiger partial charge in [-0.3, -0.25) is 0 Å². The third-order valence-electron chi connectivity index (χ3n) is 8.48. The summed E-state index contributed by atoms with van der Waals surface area (Å²) in [6.45, 7) is 4.75. The van der Waals surface area contributed by atoms with Gasteiger partial charge < -0.3 is 9.47 Å². The molecule has 1 aromatic carbocycles. The van der Waals surface area contributed by atoms with Crippen LogP contribution >= 0.6 is 0 Å². The second-order valence-electron chi connectivity index (χ2n) is 9.69. The molecule has 4 aliphatic carbocycles. The lowest BCUT2D eigenvalue weighted by Crippen LogP contribution is -2.62. The molecule has 26 heavy (non-hydrogen) atoms. The zero-order valence-corrected chi connectivity index (χ0v) is 16.3. The van der Waals surface area contributed by atoms with E-state index in [1.54, 1.807) is 11.3 Å². The van der Waals surface area contributed by atoms with Gasteiger partial charge >= 0.3 is 0 Å². The van der Waals surface area contributed by atoms with Crippen LogP contribution in [0.15, 0.2) is 36.5 Å². The zero-order chi connectivity index (χ0) is 17.6. The quantitative estimate of drug-likeness (QED) is 0.656. The lowest BCUT2D eigenvalue weighted by Gasteiger charge is -2.64. The highest BCUT2D eigenvalue weighted by atomic mass is 15.3. The van der Waals surface area contributed by atoms with Crippen LogP contribution in [0.4, 0.5) is 5.69 Å². The maximum atomic E-state index is 2.89. The van der Waals surface area contributed by atoms with E-state index in [1.165, 1.54) is 43.4 Å². The van der Waals surface area contributed by atoms with Gasteiger partial charge in [0.15, 0.2) is 0 Å². The summed E-state index contributed by atoms with van der Waals surface area (Å²) >= 11 is 0. The van der Waals surface area contributed by atoms with Crippen LogP contribution in [-0.4, -0.2) is 4.57 Å². The predicted octanol–water partition coefficient (Wildman–Crippen LogP) is 5.57. The van der Waals surface area contributed by atoms with Crippen LogP contribution in [-0.2, 0) is 12.6 Å². The average molecular weight is 347 g/mol. The van der Waals surface area contributed by atoms with Gasteiger partial charge in [-0.2, -0.15) is 0 Å². The topological polar surface area (TPSA) is 8.17 Å². The Morgan fingerprint density at radius 1 is 0.923 bits per heavy atom. The van der Waals surface area contributed by atoms with Gasteiger partial charge in [-0.05, 0) is 92.9 Å². The van der Waals surface area contributed by atoms with E-state index in [2.05, 4.69) is 66.9 Å². The highest BCUT2D eigenvalue weighted by Crippen LogP contribution is 2.68. The van der Waals surface area contributed by atoms with Crippen molar-refractivity contribution in [2.75, 3.05) is 4.90 Å². The minimum atomic E-state index is 0.229. The SMILES string of the molecule is Cc1ccccc1N1[C@@H](C)c2ccn(C)c2C12C1CC3CC(C1)CC2C3. The van der Waals surface area contributed by atoms with Gasteiger partial charge in [0.2, 0.25) is 0 Å². The van der Waals surface area contributed by atoms with E-state index in [0.717, 1.165) is 23.7 Å². The minimum Gasteiger partial charge on any atom is -0.353 e. The van der Waals surface area contributed by atoms with E-state index in [9.17, 15) is 0 Å². The fourth-order valence-corrected chi connectivity index (χ4v) is 7.90. The van der Waals surface area contributed by atoms with Gasteiger partial charge in [-0.1, -0.05) is 18.2 Å². The van der Waals surface area contributed by atoms with E-state index in [1.807, 2.05) is 0 Å². The maximum absolute atomic E-state index is 2.89. The Kier molecular flexibility index (Phi) is 2.94. The smallest absolute Gasteiger partial charge is 0.0869 e. The first-order chi connectivity index (χ1) is 12.6. The molecule has 4 saturated carbocycles. The Bertz CT molecular complexity index is 848. The Morgan fingerprint density at radius 2 is 1.58 bits per heavy atom. The summed E-state index contributed by atoms with van der Waals surface area (Å²) in [5.74, 6) is 3.66. The number of hydrogen-bond acceptors (Lipinski definition) is 1. The molecule has 7 rings (SSSR count). The van der Waals surface area contributed by atoms with Gasteiger partial charge in [0.1, 0.15) is 0 Å². The molecule has 0 amide bonds. The van der Waals surface area contributed by atoms with Gasteiger partial charge in [0, 0.05) is 24.6 Å².